The first kappa shape index (κ1) is 19.4. The Morgan fingerprint density at radius 1 is 1.04 bits per heavy atom. The van der Waals surface area contributed by atoms with E-state index in [0.717, 1.165) is 5.56 Å². The number of furan rings is 2. The van der Waals surface area contributed by atoms with E-state index in [9.17, 15) is 9.59 Å². The Bertz CT molecular complexity index is 989. The monoisotopic (exact) mass is 440 g/mol. The highest BCUT2D eigenvalue weighted by Crippen LogP contribution is 2.14. The summed E-state index contributed by atoms with van der Waals surface area (Å²) in [4.78, 5) is 24.9. The number of halogens is 1. The Balaban J connectivity index is 1.73. The first-order valence-corrected chi connectivity index (χ1v) is 9.22. The van der Waals surface area contributed by atoms with Crippen LogP contribution in [0.2, 0.25) is 0 Å². The molecule has 0 unspecified atom stereocenters. The number of carbonyl (C=O) groups is 2. The van der Waals surface area contributed by atoms with Crippen molar-refractivity contribution in [2.24, 2.45) is 0 Å². The van der Waals surface area contributed by atoms with Crippen LogP contribution < -0.4 is 10.6 Å². The lowest BCUT2D eigenvalue weighted by atomic mass is 10.2. The van der Waals surface area contributed by atoms with E-state index in [1.165, 1.54) is 18.4 Å². The van der Waals surface area contributed by atoms with Gasteiger partial charge in [-0.3, -0.25) is 9.59 Å². The lowest BCUT2D eigenvalue weighted by Crippen LogP contribution is -2.34. The molecule has 0 aliphatic heterocycles. The molecule has 6 nitrogen and oxygen atoms in total. The molecule has 0 aliphatic rings. The quantitative estimate of drug-likeness (QED) is 0.424. The molecule has 0 radical (unpaired) electrons. The molecule has 3 aromatic rings. The van der Waals surface area contributed by atoms with Crippen LogP contribution in [0.4, 0.5) is 0 Å². The van der Waals surface area contributed by atoms with Gasteiger partial charge in [-0.25, -0.2) is 0 Å². The minimum absolute atomic E-state index is 0.0799. The SMILES string of the molecule is O=C(NCc1ccco1)/C(=C\C=C/c1ccccc1)NC(=O)c1ccc(Br)o1. The predicted molar refractivity (Wildman–Crippen MR) is 108 cm³/mol. The molecule has 2 heterocycles. The number of amides is 2. The maximum absolute atomic E-state index is 12.5. The highest BCUT2D eigenvalue weighted by atomic mass is 79.9. The molecule has 28 heavy (non-hydrogen) atoms. The van der Waals surface area contributed by atoms with Gasteiger partial charge in [-0.2, -0.15) is 0 Å². The van der Waals surface area contributed by atoms with Crippen LogP contribution in [-0.2, 0) is 11.3 Å². The lowest BCUT2D eigenvalue weighted by Gasteiger charge is -2.08. The maximum Gasteiger partial charge on any atom is 0.291 e. The number of benzene rings is 1. The zero-order valence-corrected chi connectivity index (χ0v) is 16.3. The van der Waals surface area contributed by atoms with Crippen LogP contribution in [-0.4, -0.2) is 11.8 Å². The standard InChI is InChI=1S/C21H17BrN2O4/c22-19-12-11-18(28-19)21(26)24-17(10-4-8-15-6-2-1-3-7-15)20(25)23-14-16-9-5-13-27-16/h1-13H,14H2,(H,23,25)(H,24,26)/b8-4-,17-10+. The van der Waals surface area contributed by atoms with Crippen molar-refractivity contribution in [3.63, 3.8) is 0 Å². The van der Waals surface area contributed by atoms with Gasteiger partial charge < -0.3 is 19.5 Å². The molecular weight excluding hydrogens is 424 g/mol. The van der Waals surface area contributed by atoms with Gasteiger partial charge in [0, 0.05) is 0 Å². The predicted octanol–water partition coefficient (Wildman–Crippen LogP) is 4.28. The van der Waals surface area contributed by atoms with Crippen molar-refractivity contribution in [2.45, 2.75) is 6.54 Å². The molecular formula is C21H17BrN2O4. The fraction of sp³-hybridized carbons (Fsp3) is 0.0476. The van der Waals surface area contributed by atoms with E-state index in [-0.39, 0.29) is 18.0 Å². The zero-order valence-electron chi connectivity index (χ0n) is 14.7. The number of allylic oxidation sites excluding steroid dienone is 2. The third-order valence-corrected chi connectivity index (χ3v) is 4.07. The number of hydrogen-bond donors (Lipinski definition) is 2. The lowest BCUT2D eigenvalue weighted by molar-refractivity contribution is -0.118. The normalized spacial score (nSPS) is 11.5. The fourth-order valence-electron chi connectivity index (χ4n) is 2.29. The molecule has 2 N–H and O–H groups in total. The molecule has 1 aromatic carbocycles. The van der Waals surface area contributed by atoms with Crippen LogP contribution in [0.25, 0.3) is 6.08 Å². The van der Waals surface area contributed by atoms with Crippen molar-refractivity contribution >= 4 is 33.8 Å². The van der Waals surface area contributed by atoms with Crippen LogP contribution in [0, 0.1) is 0 Å². The van der Waals surface area contributed by atoms with Gasteiger partial charge in [-0.05, 0) is 51.8 Å². The molecule has 0 saturated carbocycles. The highest BCUT2D eigenvalue weighted by Gasteiger charge is 2.16. The molecule has 0 atom stereocenters. The Morgan fingerprint density at radius 3 is 2.54 bits per heavy atom. The van der Waals surface area contributed by atoms with Gasteiger partial charge in [0.05, 0.1) is 12.8 Å². The van der Waals surface area contributed by atoms with Crippen molar-refractivity contribution in [1.29, 1.82) is 0 Å². The first-order valence-electron chi connectivity index (χ1n) is 8.42. The van der Waals surface area contributed by atoms with E-state index in [1.807, 2.05) is 36.4 Å². The van der Waals surface area contributed by atoms with Crippen molar-refractivity contribution in [3.8, 4) is 0 Å². The third kappa shape index (κ3) is 5.59. The van der Waals surface area contributed by atoms with Gasteiger partial charge >= 0.3 is 0 Å². The van der Waals surface area contributed by atoms with Gasteiger partial charge in [-0.1, -0.05) is 42.5 Å². The van der Waals surface area contributed by atoms with Crippen LogP contribution in [0.5, 0.6) is 0 Å². The maximum atomic E-state index is 12.5. The molecule has 2 amide bonds. The van der Waals surface area contributed by atoms with Crippen LogP contribution >= 0.6 is 15.9 Å². The topological polar surface area (TPSA) is 84.5 Å². The fourth-order valence-corrected chi connectivity index (χ4v) is 2.60. The second kappa shape index (κ2) is 9.57. The summed E-state index contributed by atoms with van der Waals surface area (Å²) in [5.74, 6) is -0.288. The van der Waals surface area contributed by atoms with Gasteiger partial charge in [0.2, 0.25) is 0 Å². The summed E-state index contributed by atoms with van der Waals surface area (Å²) in [6.07, 6.45) is 6.57. The van der Waals surface area contributed by atoms with E-state index >= 15 is 0 Å². The molecule has 2 aromatic heterocycles. The van der Waals surface area contributed by atoms with Gasteiger partial charge in [0.25, 0.3) is 11.8 Å². The molecule has 0 bridgehead atoms. The van der Waals surface area contributed by atoms with Gasteiger partial charge in [0.15, 0.2) is 10.4 Å². The molecule has 0 aliphatic carbocycles. The smallest absolute Gasteiger partial charge is 0.291 e. The van der Waals surface area contributed by atoms with E-state index in [4.69, 9.17) is 8.83 Å². The van der Waals surface area contributed by atoms with E-state index in [2.05, 4.69) is 26.6 Å². The Morgan fingerprint density at radius 2 is 1.86 bits per heavy atom. The summed E-state index contributed by atoms with van der Waals surface area (Å²) in [6.45, 7) is 0.202. The number of rotatable bonds is 7. The van der Waals surface area contributed by atoms with E-state index < -0.39 is 11.8 Å². The summed E-state index contributed by atoms with van der Waals surface area (Å²) in [7, 11) is 0. The first-order chi connectivity index (χ1) is 13.6. The Hall–Kier alpha value is -3.32. The van der Waals surface area contributed by atoms with Crippen LogP contribution in [0.3, 0.4) is 0 Å². The minimum Gasteiger partial charge on any atom is -0.467 e. The van der Waals surface area contributed by atoms with Gasteiger partial charge in [-0.15, -0.1) is 0 Å². The van der Waals surface area contributed by atoms with E-state index in [1.54, 1.807) is 24.3 Å². The number of carbonyl (C=O) groups excluding carboxylic acids is 2. The Kier molecular flexibility index (Phi) is 6.64. The summed E-state index contributed by atoms with van der Waals surface area (Å²) < 4.78 is 10.9. The number of hydrogen-bond acceptors (Lipinski definition) is 4. The molecule has 0 spiro atoms. The van der Waals surface area contributed by atoms with E-state index in [0.29, 0.717) is 10.4 Å². The molecule has 7 heteroatoms. The van der Waals surface area contributed by atoms with Gasteiger partial charge in [0.1, 0.15) is 11.5 Å². The zero-order chi connectivity index (χ0) is 19.8. The number of nitrogens with one attached hydrogen (secondary N) is 2. The summed E-state index contributed by atoms with van der Waals surface area (Å²) in [5.41, 5.74) is 1.05. The molecule has 142 valence electrons. The summed E-state index contributed by atoms with van der Waals surface area (Å²) in [6, 6.07) is 16.2. The average molecular weight is 441 g/mol. The third-order valence-electron chi connectivity index (χ3n) is 3.64. The summed E-state index contributed by atoms with van der Waals surface area (Å²) >= 11 is 3.15. The van der Waals surface area contributed by atoms with Crippen molar-refractivity contribution in [3.05, 3.63) is 100 Å². The molecule has 0 saturated heterocycles. The second-order valence-corrected chi connectivity index (χ2v) is 6.45. The van der Waals surface area contributed by atoms with Crippen molar-refractivity contribution < 1.29 is 18.4 Å². The van der Waals surface area contributed by atoms with Crippen molar-refractivity contribution in [1.82, 2.24) is 10.6 Å². The van der Waals surface area contributed by atoms with Crippen LogP contribution in [0.15, 0.2) is 92.2 Å². The molecule has 0 fully saturated rings. The van der Waals surface area contributed by atoms with Crippen LogP contribution in [0.1, 0.15) is 21.9 Å². The highest BCUT2D eigenvalue weighted by molar-refractivity contribution is 9.10. The molecule has 3 rings (SSSR count). The second-order valence-electron chi connectivity index (χ2n) is 5.67. The largest absolute Gasteiger partial charge is 0.467 e. The Labute approximate surface area is 170 Å². The minimum atomic E-state index is -0.529. The average Bonchev–Trinajstić information content (AvgIpc) is 3.38. The van der Waals surface area contributed by atoms with Crippen molar-refractivity contribution in [2.75, 3.05) is 0 Å². The summed E-state index contributed by atoms with van der Waals surface area (Å²) in [5, 5.41) is 5.28.